The van der Waals surface area contributed by atoms with E-state index in [1.54, 1.807) is 18.3 Å². The standard InChI is InChI=1S/C18H15ClIN3O2/c1-25-17-10-16(20)15(19)9-14(17)18(24)22-13-5-2-4-12(8-13)11-23-7-3-6-21-23/h2-10H,11H2,1H3,(H,22,24). The van der Waals surface area contributed by atoms with E-state index in [9.17, 15) is 4.79 Å². The molecule has 0 saturated heterocycles. The molecule has 25 heavy (non-hydrogen) atoms. The van der Waals surface area contributed by atoms with E-state index in [0.29, 0.717) is 28.6 Å². The first-order valence-corrected chi connectivity index (χ1v) is 8.93. The van der Waals surface area contributed by atoms with Crippen molar-refractivity contribution in [1.82, 2.24) is 9.78 Å². The molecule has 0 fully saturated rings. The average Bonchev–Trinajstić information content (AvgIpc) is 3.10. The Morgan fingerprint density at radius 1 is 1.32 bits per heavy atom. The third kappa shape index (κ3) is 4.32. The molecule has 0 bridgehead atoms. The molecule has 1 amide bonds. The number of amides is 1. The minimum Gasteiger partial charge on any atom is -0.496 e. The molecule has 7 heteroatoms. The summed E-state index contributed by atoms with van der Waals surface area (Å²) >= 11 is 8.24. The van der Waals surface area contributed by atoms with Gasteiger partial charge >= 0.3 is 0 Å². The summed E-state index contributed by atoms with van der Waals surface area (Å²) in [7, 11) is 1.53. The van der Waals surface area contributed by atoms with Gasteiger partial charge < -0.3 is 10.1 Å². The van der Waals surface area contributed by atoms with Gasteiger partial charge in [0, 0.05) is 21.7 Å². The maximum Gasteiger partial charge on any atom is 0.259 e. The first-order valence-electron chi connectivity index (χ1n) is 7.47. The van der Waals surface area contributed by atoms with Gasteiger partial charge in [0.15, 0.2) is 0 Å². The molecule has 0 unspecified atom stereocenters. The van der Waals surface area contributed by atoms with Crippen molar-refractivity contribution in [1.29, 1.82) is 0 Å². The Morgan fingerprint density at radius 3 is 2.88 bits per heavy atom. The number of halogens is 2. The van der Waals surface area contributed by atoms with Crippen molar-refractivity contribution in [2.75, 3.05) is 12.4 Å². The number of carbonyl (C=O) groups is 1. The van der Waals surface area contributed by atoms with Crippen LogP contribution in [0.3, 0.4) is 0 Å². The second-order valence-electron chi connectivity index (χ2n) is 5.32. The molecule has 0 saturated carbocycles. The van der Waals surface area contributed by atoms with Crippen molar-refractivity contribution in [3.8, 4) is 5.75 Å². The Hall–Kier alpha value is -2.06. The molecule has 3 aromatic rings. The monoisotopic (exact) mass is 467 g/mol. The summed E-state index contributed by atoms with van der Waals surface area (Å²) < 4.78 is 7.95. The number of aromatic nitrogens is 2. The molecule has 2 aromatic carbocycles. The van der Waals surface area contributed by atoms with Gasteiger partial charge in [-0.05, 0) is 58.5 Å². The number of benzene rings is 2. The Labute approximate surface area is 164 Å². The van der Waals surface area contributed by atoms with Gasteiger partial charge in [-0.1, -0.05) is 23.7 Å². The van der Waals surface area contributed by atoms with E-state index in [1.165, 1.54) is 7.11 Å². The molecule has 0 spiro atoms. The molecule has 1 heterocycles. The van der Waals surface area contributed by atoms with Crippen LogP contribution < -0.4 is 10.1 Å². The van der Waals surface area contributed by atoms with Gasteiger partial charge in [0.2, 0.25) is 0 Å². The number of methoxy groups -OCH3 is 1. The zero-order chi connectivity index (χ0) is 17.8. The number of ether oxygens (including phenoxy) is 1. The number of nitrogens with zero attached hydrogens (tertiary/aromatic N) is 2. The number of nitrogens with one attached hydrogen (secondary N) is 1. The topological polar surface area (TPSA) is 56.1 Å². The van der Waals surface area contributed by atoms with Crippen LogP contribution in [0.25, 0.3) is 0 Å². The lowest BCUT2D eigenvalue weighted by molar-refractivity contribution is 0.102. The summed E-state index contributed by atoms with van der Waals surface area (Å²) in [5.74, 6) is 0.213. The number of anilines is 1. The van der Waals surface area contributed by atoms with Crippen LogP contribution in [0.5, 0.6) is 5.75 Å². The van der Waals surface area contributed by atoms with Crippen LogP contribution in [-0.2, 0) is 6.54 Å². The summed E-state index contributed by atoms with van der Waals surface area (Å²) in [4.78, 5) is 12.6. The van der Waals surface area contributed by atoms with Crippen molar-refractivity contribution in [2.24, 2.45) is 0 Å². The van der Waals surface area contributed by atoms with E-state index >= 15 is 0 Å². The fourth-order valence-corrected chi connectivity index (χ4v) is 3.00. The Bertz CT molecular complexity index is 897. The third-order valence-electron chi connectivity index (χ3n) is 3.58. The predicted octanol–water partition coefficient (Wildman–Crippen LogP) is 4.45. The summed E-state index contributed by atoms with van der Waals surface area (Å²) in [6, 6.07) is 12.9. The smallest absolute Gasteiger partial charge is 0.259 e. The minimum atomic E-state index is -0.272. The van der Waals surface area contributed by atoms with Crippen molar-refractivity contribution < 1.29 is 9.53 Å². The third-order valence-corrected chi connectivity index (χ3v) is 5.10. The van der Waals surface area contributed by atoms with Crippen molar-refractivity contribution in [3.05, 3.63) is 74.6 Å². The van der Waals surface area contributed by atoms with Crippen molar-refractivity contribution >= 4 is 45.8 Å². The number of hydrogen-bond acceptors (Lipinski definition) is 3. The Balaban J connectivity index is 1.80. The molecular weight excluding hydrogens is 453 g/mol. The quantitative estimate of drug-likeness (QED) is 0.564. The molecule has 0 aliphatic heterocycles. The summed E-state index contributed by atoms with van der Waals surface area (Å²) in [5.41, 5.74) is 2.13. The second kappa shape index (κ2) is 7.88. The highest BCUT2D eigenvalue weighted by Gasteiger charge is 2.15. The molecule has 0 atom stereocenters. The zero-order valence-electron chi connectivity index (χ0n) is 13.4. The van der Waals surface area contributed by atoms with E-state index in [4.69, 9.17) is 16.3 Å². The number of hydrogen-bond donors (Lipinski definition) is 1. The van der Waals surface area contributed by atoms with Crippen molar-refractivity contribution in [2.45, 2.75) is 6.54 Å². The fraction of sp³-hybridized carbons (Fsp3) is 0.111. The number of carbonyl (C=O) groups excluding carboxylic acids is 1. The highest BCUT2D eigenvalue weighted by atomic mass is 127. The fourth-order valence-electron chi connectivity index (χ4n) is 2.40. The lowest BCUT2D eigenvalue weighted by atomic mass is 10.1. The van der Waals surface area contributed by atoms with Gasteiger partial charge in [-0.15, -0.1) is 0 Å². The highest BCUT2D eigenvalue weighted by Crippen LogP contribution is 2.29. The maximum absolute atomic E-state index is 12.6. The lowest BCUT2D eigenvalue weighted by Gasteiger charge is -2.12. The summed E-state index contributed by atoms with van der Waals surface area (Å²) in [6.45, 7) is 0.634. The average molecular weight is 468 g/mol. The molecule has 0 aliphatic carbocycles. The summed E-state index contributed by atoms with van der Waals surface area (Å²) in [6.07, 6.45) is 3.63. The Morgan fingerprint density at radius 2 is 2.16 bits per heavy atom. The van der Waals surface area contributed by atoms with Gasteiger partial charge in [-0.3, -0.25) is 9.48 Å². The maximum atomic E-state index is 12.6. The van der Waals surface area contributed by atoms with Crippen LogP contribution in [-0.4, -0.2) is 22.8 Å². The van der Waals surface area contributed by atoms with E-state index in [2.05, 4.69) is 33.0 Å². The van der Waals surface area contributed by atoms with Gasteiger partial charge in [0.1, 0.15) is 5.75 Å². The van der Waals surface area contributed by atoms with E-state index < -0.39 is 0 Å². The minimum absolute atomic E-state index is 0.272. The number of rotatable bonds is 5. The van der Waals surface area contributed by atoms with Gasteiger partial charge in [-0.2, -0.15) is 5.10 Å². The molecule has 1 aromatic heterocycles. The zero-order valence-corrected chi connectivity index (χ0v) is 16.3. The molecular formula is C18H15ClIN3O2. The highest BCUT2D eigenvalue weighted by molar-refractivity contribution is 14.1. The molecule has 1 N–H and O–H groups in total. The van der Waals surface area contributed by atoms with E-state index in [-0.39, 0.29) is 5.91 Å². The van der Waals surface area contributed by atoms with Crippen LogP contribution in [0.1, 0.15) is 15.9 Å². The largest absolute Gasteiger partial charge is 0.496 e. The SMILES string of the molecule is COc1cc(I)c(Cl)cc1C(=O)Nc1cccc(Cn2cccn2)c1. The van der Waals surface area contributed by atoms with Gasteiger partial charge in [0.05, 0.1) is 24.2 Å². The predicted molar refractivity (Wildman–Crippen MR) is 106 cm³/mol. The molecule has 0 aliphatic rings. The molecule has 128 valence electrons. The molecule has 0 radical (unpaired) electrons. The molecule has 5 nitrogen and oxygen atoms in total. The lowest BCUT2D eigenvalue weighted by Crippen LogP contribution is -2.14. The second-order valence-corrected chi connectivity index (χ2v) is 6.89. The van der Waals surface area contributed by atoms with Crippen LogP contribution in [0.15, 0.2) is 54.9 Å². The van der Waals surface area contributed by atoms with Gasteiger partial charge in [0.25, 0.3) is 5.91 Å². The Kier molecular flexibility index (Phi) is 5.60. The van der Waals surface area contributed by atoms with E-state index in [0.717, 1.165) is 9.13 Å². The van der Waals surface area contributed by atoms with Crippen molar-refractivity contribution in [3.63, 3.8) is 0 Å². The van der Waals surface area contributed by atoms with Crippen LogP contribution in [0, 0.1) is 3.57 Å². The van der Waals surface area contributed by atoms with Crippen LogP contribution >= 0.6 is 34.2 Å². The summed E-state index contributed by atoms with van der Waals surface area (Å²) in [5, 5.41) is 7.59. The first kappa shape index (κ1) is 17.8. The first-order chi connectivity index (χ1) is 12.1. The normalized spacial score (nSPS) is 10.5. The van der Waals surface area contributed by atoms with Crippen LogP contribution in [0.2, 0.25) is 5.02 Å². The van der Waals surface area contributed by atoms with Gasteiger partial charge in [-0.25, -0.2) is 0 Å². The van der Waals surface area contributed by atoms with Crippen LogP contribution in [0.4, 0.5) is 5.69 Å². The van der Waals surface area contributed by atoms with E-state index in [1.807, 2.05) is 41.2 Å². The molecule has 3 rings (SSSR count).